The van der Waals surface area contributed by atoms with Gasteiger partial charge in [-0.1, -0.05) is 30.3 Å². The fraction of sp³-hybridized carbons (Fsp3) is 0.100. The molecule has 0 aromatic heterocycles. The van der Waals surface area contributed by atoms with E-state index < -0.39 is 0 Å². The van der Waals surface area contributed by atoms with Gasteiger partial charge in [0.25, 0.3) is 5.91 Å². The SMILES string of the molecule is COc1ccc(/C=N\NC(=O)COc2ccc3ccccc3c2)cc1. The molecule has 0 spiro atoms. The molecule has 3 aromatic carbocycles. The van der Waals surface area contributed by atoms with E-state index in [1.807, 2.05) is 66.7 Å². The van der Waals surface area contributed by atoms with Crippen molar-refractivity contribution < 1.29 is 14.3 Å². The summed E-state index contributed by atoms with van der Waals surface area (Å²) in [6, 6.07) is 21.0. The first kappa shape index (κ1) is 16.5. The normalized spacial score (nSPS) is 10.8. The van der Waals surface area contributed by atoms with Crippen LogP contribution in [-0.2, 0) is 4.79 Å². The lowest BCUT2D eigenvalue weighted by molar-refractivity contribution is -0.123. The van der Waals surface area contributed by atoms with Crippen LogP contribution < -0.4 is 14.9 Å². The van der Waals surface area contributed by atoms with Gasteiger partial charge in [-0.3, -0.25) is 4.79 Å². The first-order chi connectivity index (χ1) is 12.2. The highest BCUT2D eigenvalue weighted by atomic mass is 16.5. The van der Waals surface area contributed by atoms with Gasteiger partial charge in [0.15, 0.2) is 6.61 Å². The second kappa shape index (κ2) is 7.97. The lowest BCUT2D eigenvalue weighted by Crippen LogP contribution is -2.24. The predicted octanol–water partition coefficient (Wildman–Crippen LogP) is 3.38. The molecule has 0 heterocycles. The standard InChI is InChI=1S/C20H18N2O3/c1-24-18-9-6-15(7-10-18)13-21-22-20(23)14-25-19-11-8-16-4-2-3-5-17(16)12-19/h2-13H,14H2,1H3,(H,22,23)/b21-13-. The van der Waals surface area contributed by atoms with Gasteiger partial charge in [0.2, 0.25) is 0 Å². The summed E-state index contributed by atoms with van der Waals surface area (Å²) in [7, 11) is 1.61. The Hall–Kier alpha value is -3.34. The molecule has 0 aliphatic carbocycles. The van der Waals surface area contributed by atoms with Gasteiger partial charge in [-0.15, -0.1) is 0 Å². The summed E-state index contributed by atoms with van der Waals surface area (Å²) >= 11 is 0. The maximum Gasteiger partial charge on any atom is 0.277 e. The Morgan fingerprint density at radius 3 is 2.48 bits per heavy atom. The molecule has 0 aliphatic rings. The fourth-order valence-electron chi connectivity index (χ4n) is 2.31. The minimum absolute atomic E-state index is 0.0989. The number of nitrogens with zero attached hydrogens (tertiary/aromatic N) is 1. The molecule has 3 aromatic rings. The lowest BCUT2D eigenvalue weighted by Gasteiger charge is -2.06. The number of benzene rings is 3. The minimum Gasteiger partial charge on any atom is -0.497 e. The number of ether oxygens (including phenoxy) is 2. The first-order valence-corrected chi connectivity index (χ1v) is 7.82. The number of carbonyl (C=O) groups excluding carboxylic acids is 1. The highest BCUT2D eigenvalue weighted by Gasteiger charge is 2.02. The van der Waals surface area contributed by atoms with Crippen molar-refractivity contribution in [2.24, 2.45) is 5.10 Å². The van der Waals surface area contributed by atoms with E-state index in [4.69, 9.17) is 9.47 Å². The Kier molecular flexibility index (Phi) is 5.26. The van der Waals surface area contributed by atoms with Crippen molar-refractivity contribution in [3.63, 3.8) is 0 Å². The van der Waals surface area contributed by atoms with Crippen molar-refractivity contribution in [1.82, 2.24) is 5.43 Å². The number of fused-ring (bicyclic) bond motifs is 1. The molecule has 1 N–H and O–H groups in total. The van der Waals surface area contributed by atoms with Gasteiger partial charge in [0, 0.05) is 0 Å². The van der Waals surface area contributed by atoms with Gasteiger partial charge in [-0.25, -0.2) is 5.43 Å². The van der Waals surface area contributed by atoms with Crippen LogP contribution in [0.4, 0.5) is 0 Å². The van der Waals surface area contributed by atoms with E-state index in [1.54, 1.807) is 13.3 Å². The molecule has 5 heteroatoms. The van der Waals surface area contributed by atoms with Gasteiger partial charge in [0.05, 0.1) is 13.3 Å². The van der Waals surface area contributed by atoms with Crippen LogP contribution in [0.1, 0.15) is 5.56 Å². The summed E-state index contributed by atoms with van der Waals surface area (Å²) < 4.78 is 10.6. The minimum atomic E-state index is -0.321. The Bertz CT molecular complexity index is 889. The van der Waals surface area contributed by atoms with Crippen molar-refractivity contribution in [2.75, 3.05) is 13.7 Å². The third-order valence-electron chi connectivity index (χ3n) is 3.61. The third-order valence-corrected chi connectivity index (χ3v) is 3.61. The molecule has 0 fully saturated rings. The van der Waals surface area contributed by atoms with Crippen molar-refractivity contribution in [3.8, 4) is 11.5 Å². The molecule has 5 nitrogen and oxygen atoms in total. The quantitative estimate of drug-likeness (QED) is 0.555. The number of hydrogen-bond acceptors (Lipinski definition) is 4. The smallest absolute Gasteiger partial charge is 0.277 e. The van der Waals surface area contributed by atoms with E-state index in [9.17, 15) is 4.79 Å². The molecule has 126 valence electrons. The second-order valence-electron chi connectivity index (χ2n) is 5.36. The van der Waals surface area contributed by atoms with Gasteiger partial charge >= 0.3 is 0 Å². The van der Waals surface area contributed by atoms with E-state index in [-0.39, 0.29) is 12.5 Å². The zero-order valence-electron chi connectivity index (χ0n) is 13.8. The largest absolute Gasteiger partial charge is 0.497 e. The van der Waals surface area contributed by atoms with Crippen LogP contribution in [-0.4, -0.2) is 25.8 Å². The molecule has 3 rings (SSSR count). The average molecular weight is 334 g/mol. The van der Waals surface area contributed by atoms with Crippen LogP contribution in [0.3, 0.4) is 0 Å². The second-order valence-corrected chi connectivity index (χ2v) is 5.36. The molecule has 0 saturated heterocycles. The fourth-order valence-corrected chi connectivity index (χ4v) is 2.31. The topological polar surface area (TPSA) is 59.9 Å². The van der Waals surface area contributed by atoms with E-state index in [0.29, 0.717) is 5.75 Å². The van der Waals surface area contributed by atoms with Crippen molar-refractivity contribution in [1.29, 1.82) is 0 Å². The molecule has 0 radical (unpaired) electrons. The monoisotopic (exact) mass is 334 g/mol. The lowest BCUT2D eigenvalue weighted by atomic mass is 10.1. The molecule has 0 unspecified atom stereocenters. The predicted molar refractivity (Wildman–Crippen MR) is 98.2 cm³/mol. The maximum atomic E-state index is 11.8. The summed E-state index contributed by atoms with van der Waals surface area (Å²) in [5, 5.41) is 6.11. The number of hydrogen-bond donors (Lipinski definition) is 1. The molecule has 0 bridgehead atoms. The highest BCUT2D eigenvalue weighted by molar-refractivity contribution is 5.84. The number of methoxy groups -OCH3 is 1. The molecule has 0 saturated carbocycles. The van der Waals surface area contributed by atoms with E-state index >= 15 is 0 Å². The van der Waals surface area contributed by atoms with Crippen LogP contribution in [0.25, 0.3) is 10.8 Å². The van der Waals surface area contributed by atoms with Gasteiger partial charge in [0.1, 0.15) is 11.5 Å². The number of nitrogens with one attached hydrogen (secondary N) is 1. The summed E-state index contributed by atoms with van der Waals surface area (Å²) in [4.78, 5) is 11.8. The number of amides is 1. The van der Waals surface area contributed by atoms with Crippen LogP contribution in [0, 0.1) is 0 Å². The Balaban J connectivity index is 1.50. The summed E-state index contributed by atoms with van der Waals surface area (Å²) in [6.45, 7) is -0.0989. The average Bonchev–Trinajstić information content (AvgIpc) is 2.67. The zero-order chi connectivity index (χ0) is 17.5. The Morgan fingerprint density at radius 1 is 1.00 bits per heavy atom. The first-order valence-electron chi connectivity index (χ1n) is 7.82. The van der Waals surface area contributed by atoms with E-state index in [0.717, 1.165) is 22.1 Å². The molecule has 1 amide bonds. The maximum absolute atomic E-state index is 11.8. The van der Waals surface area contributed by atoms with Crippen molar-refractivity contribution in [3.05, 3.63) is 72.3 Å². The summed E-state index contributed by atoms with van der Waals surface area (Å²) in [5.74, 6) is 1.09. The highest BCUT2D eigenvalue weighted by Crippen LogP contribution is 2.20. The Morgan fingerprint density at radius 2 is 1.72 bits per heavy atom. The summed E-state index contributed by atoms with van der Waals surface area (Å²) in [5.41, 5.74) is 3.30. The molecule has 0 aliphatic heterocycles. The molecular weight excluding hydrogens is 316 g/mol. The van der Waals surface area contributed by atoms with Gasteiger partial charge < -0.3 is 9.47 Å². The molecular formula is C20H18N2O3. The van der Waals surface area contributed by atoms with E-state index in [2.05, 4.69) is 10.5 Å². The third kappa shape index (κ3) is 4.57. The molecule has 25 heavy (non-hydrogen) atoms. The van der Waals surface area contributed by atoms with Crippen molar-refractivity contribution in [2.45, 2.75) is 0 Å². The van der Waals surface area contributed by atoms with Crippen LogP contribution in [0.5, 0.6) is 11.5 Å². The van der Waals surface area contributed by atoms with Gasteiger partial charge in [-0.05, 0) is 52.7 Å². The zero-order valence-corrected chi connectivity index (χ0v) is 13.8. The number of hydrazone groups is 1. The van der Waals surface area contributed by atoms with E-state index in [1.165, 1.54) is 0 Å². The van der Waals surface area contributed by atoms with Crippen LogP contribution in [0.2, 0.25) is 0 Å². The number of carbonyl (C=O) groups is 1. The Labute approximate surface area is 145 Å². The molecule has 0 atom stereocenters. The van der Waals surface area contributed by atoms with Crippen LogP contribution >= 0.6 is 0 Å². The summed E-state index contributed by atoms with van der Waals surface area (Å²) in [6.07, 6.45) is 1.56. The van der Waals surface area contributed by atoms with Crippen LogP contribution in [0.15, 0.2) is 71.8 Å². The van der Waals surface area contributed by atoms with Gasteiger partial charge in [-0.2, -0.15) is 5.10 Å². The van der Waals surface area contributed by atoms with Crippen molar-refractivity contribution >= 4 is 22.9 Å². The number of rotatable bonds is 6.